The van der Waals surface area contributed by atoms with Crippen LogP contribution >= 0.6 is 0 Å². The highest BCUT2D eigenvalue weighted by molar-refractivity contribution is 6.00. The largest absolute Gasteiger partial charge is 0.494 e. The van der Waals surface area contributed by atoms with Crippen LogP contribution in [-0.2, 0) is 9.47 Å². The average molecular weight is 324 g/mol. The number of hydrogen-bond donors (Lipinski definition) is 1. The summed E-state index contributed by atoms with van der Waals surface area (Å²) in [6.07, 6.45) is 0. The molecule has 0 radical (unpaired) electrons. The lowest BCUT2D eigenvalue weighted by Crippen LogP contribution is -2.38. The molecule has 1 aliphatic carbocycles. The number of para-hydroxylation sites is 1. The minimum absolute atomic E-state index is 0.0877. The fourth-order valence-electron chi connectivity index (χ4n) is 4.19. The van der Waals surface area contributed by atoms with Crippen LogP contribution in [0.25, 0.3) is 0 Å². The van der Waals surface area contributed by atoms with Crippen LogP contribution in [0.4, 0.5) is 0 Å². The average Bonchev–Trinajstić information content (AvgIpc) is 2.83. The van der Waals surface area contributed by atoms with Crippen molar-refractivity contribution in [2.75, 3.05) is 19.8 Å². The number of amidine groups is 1. The van der Waals surface area contributed by atoms with E-state index in [1.54, 1.807) is 0 Å². The molecule has 24 heavy (non-hydrogen) atoms. The lowest BCUT2D eigenvalue weighted by atomic mass is 9.94. The zero-order chi connectivity index (χ0) is 17.0. The van der Waals surface area contributed by atoms with Gasteiger partial charge >= 0.3 is 0 Å². The lowest BCUT2D eigenvalue weighted by molar-refractivity contribution is -0.184. The molecule has 0 amide bonds. The van der Waals surface area contributed by atoms with Crippen LogP contribution in [-0.4, -0.2) is 31.6 Å². The number of ether oxygens (including phenoxy) is 3. The van der Waals surface area contributed by atoms with Crippen LogP contribution in [0.15, 0.2) is 29.3 Å². The molecule has 0 unspecified atom stereocenters. The van der Waals surface area contributed by atoms with Gasteiger partial charge in [-0.2, -0.15) is 10.5 Å². The van der Waals surface area contributed by atoms with E-state index in [4.69, 9.17) is 19.9 Å². The molecule has 7 heteroatoms. The fraction of sp³-hybridized carbons (Fsp3) is 0.471. The molecule has 3 atom stereocenters. The monoisotopic (exact) mass is 324 g/mol. The second kappa shape index (κ2) is 4.70. The van der Waals surface area contributed by atoms with Crippen molar-refractivity contribution in [2.45, 2.75) is 18.8 Å². The predicted molar refractivity (Wildman–Crippen MR) is 82.7 cm³/mol. The van der Waals surface area contributed by atoms with Gasteiger partial charge < -0.3 is 19.9 Å². The molecule has 122 valence electrons. The van der Waals surface area contributed by atoms with Crippen molar-refractivity contribution >= 4 is 5.84 Å². The molecule has 0 bridgehead atoms. The Morgan fingerprint density at radius 2 is 2.00 bits per heavy atom. The molecule has 1 aromatic rings. The number of rotatable bonds is 3. The van der Waals surface area contributed by atoms with Crippen LogP contribution in [0.5, 0.6) is 5.75 Å². The van der Waals surface area contributed by atoms with Gasteiger partial charge in [0.25, 0.3) is 5.91 Å². The summed E-state index contributed by atoms with van der Waals surface area (Å²) < 4.78 is 17.1. The summed E-state index contributed by atoms with van der Waals surface area (Å²) in [5, 5.41) is 19.9. The molecule has 1 spiro atoms. The smallest absolute Gasteiger partial charge is 0.293 e. The Bertz CT molecular complexity index is 818. The first-order valence-electron chi connectivity index (χ1n) is 7.81. The molecule has 2 fully saturated rings. The highest BCUT2D eigenvalue weighted by Crippen LogP contribution is 2.82. The molecular weight excluding hydrogens is 308 g/mol. The first-order chi connectivity index (χ1) is 11.6. The Morgan fingerprint density at radius 1 is 1.29 bits per heavy atom. The number of nitrogens with zero attached hydrogens (tertiary/aromatic N) is 3. The topological polar surface area (TPSA) is 114 Å². The van der Waals surface area contributed by atoms with Gasteiger partial charge in [0.15, 0.2) is 5.41 Å². The Hall–Kier alpha value is -2.61. The van der Waals surface area contributed by atoms with E-state index >= 15 is 0 Å². The van der Waals surface area contributed by atoms with E-state index in [0.717, 1.165) is 5.56 Å². The Morgan fingerprint density at radius 3 is 2.62 bits per heavy atom. The van der Waals surface area contributed by atoms with Gasteiger partial charge in [-0.3, -0.25) is 0 Å². The molecule has 4 rings (SSSR count). The van der Waals surface area contributed by atoms with E-state index in [1.807, 2.05) is 31.2 Å². The van der Waals surface area contributed by atoms with Crippen LogP contribution < -0.4 is 10.5 Å². The third-order valence-corrected chi connectivity index (χ3v) is 5.14. The van der Waals surface area contributed by atoms with Gasteiger partial charge in [0.2, 0.25) is 0 Å². The van der Waals surface area contributed by atoms with Gasteiger partial charge in [-0.15, -0.1) is 0 Å². The van der Waals surface area contributed by atoms with Crippen molar-refractivity contribution in [1.82, 2.24) is 0 Å². The quantitative estimate of drug-likeness (QED) is 0.895. The highest BCUT2D eigenvalue weighted by atomic mass is 16.8. The van der Waals surface area contributed by atoms with Crippen molar-refractivity contribution in [1.29, 1.82) is 10.5 Å². The van der Waals surface area contributed by atoms with Crippen molar-refractivity contribution in [3.8, 4) is 17.9 Å². The van der Waals surface area contributed by atoms with Gasteiger partial charge in [0.05, 0.1) is 32.0 Å². The van der Waals surface area contributed by atoms with E-state index in [9.17, 15) is 10.5 Å². The van der Waals surface area contributed by atoms with E-state index in [1.165, 1.54) is 0 Å². The highest BCUT2D eigenvalue weighted by Gasteiger charge is 2.94. The molecule has 3 aliphatic rings. The summed E-state index contributed by atoms with van der Waals surface area (Å²) in [5.74, 6) is -1.31. The molecule has 0 aromatic heterocycles. The van der Waals surface area contributed by atoms with Crippen LogP contribution in [0, 0.1) is 33.5 Å². The molecule has 1 saturated heterocycles. The molecular formula is C17H16N4O3. The van der Waals surface area contributed by atoms with Crippen molar-refractivity contribution in [3.63, 3.8) is 0 Å². The summed E-state index contributed by atoms with van der Waals surface area (Å²) >= 11 is 0. The predicted octanol–water partition coefficient (Wildman–Crippen LogP) is 1.27. The van der Waals surface area contributed by atoms with Gasteiger partial charge in [0, 0.05) is 11.5 Å². The van der Waals surface area contributed by atoms with Crippen LogP contribution in [0.1, 0.15) is 18.4 Å². The summed E-state index contributed by atoms with van der Waals surface area (Å²) in [5.41, 5.74) is 4.29. The van der Waals surface area contributed by atoms with Gasteiger partial charge in [0.1, 0.15) is 17.0 Å². The Kier molecular flexibility index (Phi) is 2.93. The van der Waals surface area contributed by atoms with Crippen molar-refractivity contribution in [3.05, 3.63) is 29.8 Å². The second-order valence-corrected chi connectivity index (χ2v) is 6.02. The SMILES string of the molecule is CCOc1ccccc1[C@@H]1[C@@]2(C#N)C(N)=NC3(OCCO3)[C@@]12C#N. The second-order valence-electron chi connectivity index (χ2n) is 6.02. The molecule has 1 aromatic carbocycles. The number of hydrogen-bond acceptors (Lipinski definition) is 7. The van der Waals surface area contributed by atoms with E-state index < -0.39 is 22.7 Å². The Labute approximate surface area is 139 Å². The van der Waals surface area contributed by atoms with Gasteiger partial charge in [-0.1, -0.05) is 18.2 Å². The van der Waals surface area contributed by atoms with E-state index in [0.29, 0.717) is 25.6 Å². The molecule has 7 nitrogen and oxygen atoms in total. The normalized spacial score (nSPS) is 35.0. The third kappa shape index (κ3) is 1.36. The maximum Gasteiger partial charge on any atom is 0.293 e. The van der Waals surface area contributed by atoms with Gasteiger partial charge in [-0.25, -0.2) is 4.99 Å². The number of fused-ring (bicyclic) bond motifs is 2. The van der Waals surface area contributed by atoms with E-state index in [-0.39, 0.29) is 5.84 Å². The summed E-state index contributed by atoms with van der Waals surface area (Å²) in [7, 11) is 0. The van der Waals surface area contributed by atoms with Crippen LogP contribution in [0.3, 0.4) is 0 Å². The maximum absolute atomic E-state index is 10.0. The third-order valence-electron chi connectivity index (χ3n) is 5.14. The zero-order valence-corrected chi connectivity index (χ0v) is 13.2. The van der Waals surface area contributed by atoms with Crippen molar-refractivity contribution < 1.29 is 14.2 Å². The lowest BCUT2D eigenvalue weighted by Gasteiger charge is -2.26. The fourth-order valence-corrected chi connectivity index (χ4v) is 4.19. The van der Waals surface area contributed by atoms with E-state index in [2.05, 4.69) is 17.1 Å². The number of nitrogens with two attached hydrogens (primary N) is 1. The standard InChI is InChI=1S/C17H16N4O3/c1-2-22-12-6-4-3-5-11(12)13-15(9-18)14(20)21-17(16(13,15)10-19)23-7-8-24-17/h3-6,13H,2,7-8H2,1H3,(H2,20,21)/t13-,15+,16+/m1/s1. The molecule has 2 heterocycles. The molecule has 2 aliphatic heterocycles. The number of aliphatic imine (C=N–C) groups is 1. The molecule has 2 N–H and O–H groups in total. The first-order valence-corrected chi connectivity index (χ1v) is 7.81. The summed E-state index contributed by atoms with van der Waals surface area (Å²) in [6.45, 7) is 2.97. The van der Waals surface area contributed by atoms with Crippen LogP contribution in [0.2, 0.25) is 0 Å². The minimum Gasteiger partial charge on any atom is -0.494 e. The number of nitriles is 2. The Balaban J connectivity index is 1.92. The summed E-state index contributed by atoms with van der Waals surface area (Å²) in [6, 6.07) is 11.9. The first kappa shape index (κ1) is 14.9. The number of benzene rings is 1. The minimum atomic E-state index is -1.51. The maximum atomic E-state index is 10.0. The zero-order valence-electron chi connectivity index (χ0n) is 13.2. The molecule has 1 saturated carbocycles. The van der Waals surface area contributed by atoms with Crippen molar-refractivity contribution in [2.24, 2.45) is 21.6 Å². The summed E-state index contributed by atoms with van der Waals surface area (Å²) in [4.78, 5) is 4.25. The van der Waals surface area contributed by atoms with Gasteiger partial charge in [-0.05, 0) is 13.0 Å².